The van der Waals surface area contributed by atoms with E-state index >= 15 is 0 Å². The molecule has 1 aliphatic carbocycles. The number of fused-ring (bicyclic) bond motifs is 1. The summed E-state index contributed by atoms with van der Waals surface area (Å²) in [5, 5.41) is 0. The van der Waals surface area contributed by atoms with Crippen molar-refractivity contribution in [3.05, 3.63) is 35.4 Å². The Balaban J connectivity index is 1.80. The Bertz CT molecular complexity index is 471. The average molecular weight is 294 g/mol. The van der Waals surface area contributed by atoms with Crippen LogP contribution in [-0.4, -0.2) is 24.5 Å². The molecule has 1 saturated carbocycles. The van der Waals surface area contributed by atoms with E-state index in [1.54, 1.807) is 0 Å². The zero-order valence-electron chi connectivity index (χ0n) is 12.4. The SMILES string of the molecule is NCC(c1c(F)cccc1F)N1CCC2CCCCC2C1. The Labute approximate surface area is 125 Å². The lowest BCUT2D eigenvalue weighted by Gasteiger charge is -2.44. The van der Waals surface area contributed by atoms with Crippen LogP contribution in [0.4, 0.5) is 8.78 Å². The molecule has 0 radical (unpaired) electrons. The smallest absolute Gasteiger partial charge is 0.130 e. The van der Waals surface area contributed by atoms with Crippen molar-refractivity contribution < 1.29 is 8.78 Å². The van der Waals surface area contributed by atoms with Gasteiger partial charge in [0.05, 0.1) is 6.04 Å². The fraction of sp³-hybridized carbons (Fsp3) is 0.647. The third-order valence-electron chi connectivity index (χ3n) is 5.32. The van der Waals surface area contributed by atoms with Gasteiger partial charge in [-0.1, -0.05) is 25.3 Å². The topological polar surface area (TPSA) is 29.3 Å². The van der Waals surface area contributed by atoms with Crippen LogP contribution < -0.4 is 5.73 Å². The molecule has 2 nitrogen and oxygen atoms in total. The van der Waals surface area contributed by atoms with Gasteiger partial charge in [-0.25, -0.2) is 8.78 Å². The van der Waals surface area contributed by atoms with Crippen molar-refractivity contribution in [3.63, 3.8) is 0 Å². The molecule has 116 valence electrons. The van der Waals surface area contributed by atoms with Gasteiger partial charge in [-0.3, -0.25) is 4.90 Å². The summed E-state index contributed by atoms with van der Waals surface area (Å²) in [4.78, 5) is 2.20. The van der Waals surface area contributed by atoms with Gasteiger partial charge in [0, 0.05) is 18.7 Å². The summed E-state index contributed by atoms with van der Waals surface area (Å²) in [6.07, 6.45) is 6.33. The van der Waals surface area contributed by atoms with Crippen molar-refractivity contribution in [1.29, 1.82) is 0 Å². The normalized spacial score (nSPS) is 28.1. The van der Waals surface area contributed by atoms with Gasteiger partial charge in [-0.15, -0.1) is 0 Å². The lowest BCUT2D eigenvalue weighted by molar-refractivity contribution is 0.0564. The molecule has 0 amide bonds. The molecule has 3 unspecified atom stereocenters. The summed E-state index contributed by atoms with van der Waals surface area (Å²) in [7, 11) is 0. The molecule has 2 aliphatic rings. The summed E-state index contributed by atoms with van der Waals surface area (Å²) in [5.41, 5.74) is 6.01. The van der Waals surface area contributed by atoms with Crippen LogP contribution in [0.1, 0.15) is 43.7 Å². The van der Waals surface area contributed by atoms with Gasteiger partial charge < -0.3 is 5.73 Å². The van der Waals surface area contributed by atoms with Crippen molar-refractivity contribution in [2.45, 2.75) is 38.1 Å². The van der Waals surface area contributed by atoms with E-state index < -0.39 is 11.6 Å². The number of hydrogen-bond acceptors (Lipinski definition) is 2. The number of halogens is 2. The summed E-state index contributed by atoms with van der Waals surface area (Å²) < 4.78 is 28.1. The summed E-state index contributed by atoms with van der Waals surface area (Å²) in [5.74, 6) is 0.530. The van der Waals surface area contributed by atoms with Crippen LogP contribution >= 0.6 is 0 Å². The minimum atomic E-state index is -0.476. The second-order valence-corrected chi connectivity index (χ2v) is 6.48. The molecule has 2 fully saturated rings. The monoisotopic (exact) mass is 294 g/mol. The maximum absolute atomic E-state index is 14.1. The second kappa shape index (κ2) is 6.41. The Morgan fingerprint density at radius 1 is 1.10 bits per heavy atom. The lowest BCUT2D eigenvalue weighted by atomic mass is 9.74. The first-order valence-electron chi connectivity index (χ1n) is 8.08. The molecule has 1 aromatic rings. The zero-order valence-corrected chi connectivity index (χ0v) is 12.4. The number of nitrogens with two attached hydrogens (primary N) is 1. The van der Waals surface area contributed by atoms with Crippen LogP contribution in [0, 0.1) is 23.5 Å². The number of benzene rings is 1. The van der Waals surface area contributed by atoms with Crippen LogP contribution in [-0.2, 0) is 0 Å². The highest BCUT2D eigenvalue weighted by Crippen LogP contribution is 2.39. The maximum atomic E-state index is 14.1. The van der Waals surface area contributed by atoms with Crippen LogP contribution in [0.5, 0.6) is 0 Å². The van der Waals surface area contributed by atoms with Crippen molar-refractivity contribution >= 4 is 0 Å². The van der Waals surface area contributed by atoms with Crippen LogP contribution in [0.3, 0.4) is 0 Å². The fourth-order valence-electron chi connectivity index (χ4n) is 4.19. The number of piperidine rings is 1. The fourth-order valence-corrected chi connectivity index (χ4v) is 4.19. The summed E-state index contributed by atoms with van der Waals surface area (Å²) >= 11 is 0. The minimum absolute atomic E-state index is 0.147. The zero-order chi connectivity index (χ0) is 14.8. The molecular weight excluding hydrogens is 270 g/mol. The first kappa shape index (κ1) is 14.9. The molecular formula is C17H24F2N2. The third-order valence-corrected chi connectivity index (χ3v) is 5.32. The minimum Gasteiger partial charge on any atom is -0.329 e. The molecule has 21 heavy (non-hydrogen) atoms. The quantitative estimate of drug-likeness (QED) is 0.925. The van der Waals surface area contributed by atoms with Crippen molar-refractivity contribution in [2.24, 2.45) is 17.6 Å². The van der Waals surface area contributed by atoms with Gasteiger partial charge in [0.25, 0.3) is 0 Å². The molecule has 3 rings (SSSR count). The predicted octanol–water partition coefficient (Wildman–Crippen LogP) is 3.48. The van der Waals surface area contributed by atoms with E-state index in [4.69, 9.17) is 5.73 Å². The Morgan fingerprint density at radius 2 is 1.76 bits per heavy atom. The van der Waals surface area contributed by atoms with E-state index in [-0.39, 0.29) is 18.2 Å². The lowest BCUT2D eigenvalue weighted by Crippen LogP contribution is -2.45. The van der Waals surface area contributed by atoms with Crippen LogP contribution in [0.2, 0.25) is 0 Å². The molecule has 1 heterocycles. The molecule has 3 atom stereocenters. The highest BCUT2D eigenvalue weighted by Gasteiger charge is 2.35. The van der Waals surface area contributed by atoms with Crippen molar-refractivity contribution in [3.8, 4) is 0 Å². The Hall–Kier alpha value is -1.00. The van der Waals surface area contributed by atoms with Crippen molar-refractivity contribution in [2.75, 3.05) is 19.6 Å². The van der Waals surface area contributed by atoms with Gasteiger partial charge in [-0.05, 0) is 43.4 Å². The highest BCUT2D eigenvalue weighted by atomic mass is 19.1. The van der Waals surface area contributed by atoms with Crippen molar-refractivity contribution in [1.82, 2.24) is 4.90 Å². The molecule has 1 aliphatic heterocycles. The third kappa shape index (κ3) is 2.97. The first-order valence-corrected chi connectivity index (χ1v) is 8.08. The van der Waals surface area contributed by atoms with Gasteiger partial charge in [0.2, 0.25) is 0 Å². The standard InChI is InChI=1S/C17H24F2N2/c18-14-6-3-7-15(19)17(14)16(10-20)21-9-8-12-4-1-2-5-13(12)11-21/h3,6-7,12-13,16H,1-2,4-5,8-11,20H2. The number of hydrogen-bond donors (Lipinski definition) is 1. The number of nitrogens with zero attached hydrogens (tertiary/aromatic N) is 1. The number of rotatable bonds is 3. The molecule has 2 N–H and O–H groups in total. The van der Waals surface area contributed by atoms with Crippen LogP contribution in [0.25, 0.3) is 0 Å². The first-order chi connectivity index (χ1) is 10.2. The molecule has 1 saturated heterocycles. The van der Waals surface area contributed by atoms with Gasteiger partial charge in [0.15, 0.2) is 0 Å². The average Bonchev–Trinajstić information content (AvgIpc) is 2.50. The Kier molecular flexibility index (Phi) is 4.55. The van der Waals surface area contributed by atoms with E-state index in [2.05, 4.69) is 4.90 Å². The molecule has 0 aromatic heterocycles. The largest absolute Gasteiger partial charge is 0.329 e. The second-order valence-electron chi connectivity index (χ2n) is 6.48. The molecule has 0 bridgehead atoms. The van der Waals surface area contributed by atoms with E-state index in [0.717, 1.165) is 25.4 Å². The predicted molar refractivity (Wildman–Crippen MR) is 79.8 cm³/mol. The van der Waals surface area contributed by atoms with Gasteiger partial charge in [-0.2, -0.15) is 0 Å². The van der Waals surface area contributed by atoms with Gasteiger partial charge in [0.1, 0.15) is 11.6 Å². The summed E-state index contributed by atoms with van der Waals surface area (Å²) in [6, 6.07) is 3.73. The molecule has 1 aromatic carbocycles. The van der Waals surface area contributed by atoms with E-state index in [1.807, 2.05) is 0 Å². The maximum Gasteiger partial charge on any atom is 0.130 e. The molecule has 4 heteroatoms. The summed E-state index contributed by atoms with van der Waals surface area (Å²) in [6.45, 7) is 2.09. The number of likely N-dealkylation sites (tertiary alicyclic amines) is 1. The van der Waals surface area contributed by atoms with E-state index in [0.29, 0.717) is 5.92 Å². The van der Waals surface area contributed by atoms with E-state index in [1.165, 1.54) is 43.9 Å². The molecule has 0 spiro atoms. The van der Waals surface area contributed by atoms with E-state index in [9.17, 15) is 8.78 Å². The Morgan fingerprint density at radius 3 is 2.43 bits per heavy atom. The van der Waals surface area contributed by atoms with Gasteiger partial charge >= 0.3 is 0 Å². The highest BCUT2D eigenvalue weighted by molar-refractivity contribution is 5.24. The van der Waals surface area contributed by atoms with Crippen LogP contribution in [0.15, 0.2) is 18.2 Å².